The lowest BCUT2D eigenvalue weighted by Gasteiger charge is -2.21. The minimum absolute atomic E-state index is 0.366. The number of hydrogen-bond acceptors (Lipinski definition) is 4. The van der Waals surface area contributed by atoms with Crippen molar-refractivity contribution in [3.8, 4) is 0 Å². The van der Waals surface area contributed by atoms with Gasteiger partial charge in [0, 0.05) is 18.9 Å². The van der Waals surface area contributed by atoms with E-state index in [2.05, 4.69) is 16.8 Å². The van der Waals surface area contributed by atoms with Crippen molar-refractivity contribution in [3.05, 3.63) is 17.8 Å². The highest BCUT2D eigenvalue weighted by Gasteiger charge is 2.24. The highest BCUT2D eigenvalue weighted by Crippen LogP contribution is 2.20. The molecule has 0 bridgehead atoms. The van der Waals surface area contributed by atoms with Crippen LogP contribution in [0.5, 0.6) is 0 Å². The van der Waals surface area contributed by atoms with Crippen LogP contribution in [0.4, 0.5) is 0 Å². The lowest BCUT2D eigenvalue weighted by molar-refractivity contribution is 0.185. The Labute approximate surface area is 103 Å². The Hall–Kier alpha value is -0.870. The van der Waals surface area contributed by atoms with Gasteiger partial charge in [-0.3, -0.25) is 0 Å². The molecule has 2 heterocycles. The van der Waals surface area contributed by atoms with Crippen molar-refractivity contribution in [2.45, 2.75) is 51.7 Å². The molecule has 1 aromatic rings. The van der Waals surface area contributed by atoms with Crippen molar-refractivity contribution in [1.29, 1.82) is 0 Å². The fourth-order valence-corrected chi connectivity index (χ4v) is 2.57. The lowest BCUT2D eigenvalue weighted by Crippen LogP contribution is -2.30. The second-order valence-electron chi connectivity index (χ2n) is 4.90. The molecule has 2 unspecified atom stereocenters. The molecule has 1 fully saturated rings. The summed E-state index contributed by atoms with van der Waals surface area (Å²) in [5.74, 6) is 1.60. The molecule has 1 aliphatic heterocycles. The molecule has 0 amide bonds. The van der Waals surface area contributed by atoms with Crippen molar-refractivity contribution in [1.82, 2.24) is 9.88 Å². The zero-order valence-corrected chi connectivity index (χ0v) is 10.7. The minimum Gasteiger partial charge on any atom is -0.446 e. The molecule has 1 saturated heterocycles. The molecule has 96 valence electrons. The zero-order chi connectivity index (χ0) is 12.3. The maximum Gasteiger partial charge on any atom is 0.195 e. The first-order chi connectivity index (χ1) is 8.19. The molecular weight excluding hydrogens is 216 g/mol. The Balaban J connectivity index is 1.92. The Kier molecular flexibility index (Phi) is 4.18. The van der Waals surface area contributed by atoms with E-state index in [-0.39, 0.29) is 6.10 Å². The monoisotopic (exact) mass is 238 g/mol. The standard InChI is InChI=1S/C13H22N2O2/c1-3-15-6-4-5-11(15)8-13-14-9-12(17-13)7-10(2)16/h9-11,16H,3-8H2,1-2H3. The Morgan fingerprint density at radius 3 is 3.18 bits per heavy atom. The van der Waals surface area contributed by atoms with E-state index in [1.165, 1.54) is 19.4 Å². The molecule has 1 N–H and O–H groups in total. The Bertz CT molecular complexity index is 349. The van der Waals surface area contributed by atoms with Crippen LogP contribution in [0.2, 0.25) is 0 Å². The predicted octanol–water partition coefficient (Wildman–Crippen LogP) is 1.62. The van der Waals surface area contributed by atoms with Crippen LogP contribution in [0.1, 0.15) is 38.3 Å². The van der Waals surface area contributed by atoms with Crippen LogP contribution in [0, 0.1) is 0 Å². The number of nitrogens with zero attached hydrogens (tertiary/aromatic N) is 2. The quantitative estimate of drug-likeness (QED) is 0.847. The van der Waals surface area contributed by atoms with Gasteiger partial charge in [0.25, 0.3) is 0 Å². The molecule has 0 radical (unpaired) electrons. The number of hydrogen-bond donors (Lipinski definition) is 1. The molecule has 1 aromatic heterocycles. The van der Waals surface area contributed by atoms with Gasteiger partial charge in [-0.15, -0.1) is 0 Å². The average Bonchev–Trinajstić information content (AvgIpc) is 2.87. The number of rotatable bonds is 5. The normalized spacial score (nSPS) is 23.1. The number of aromatic nitrogens is 1. The number of aliphatic hydroxyl groups excluding tert-OH is 1. The van der Waals surface area contributed by atoms with Gasteiger partial charge in [0.2, 0.25) is 0 Å². The fraction of sp³-hybridized carbons (Fsp3) is 0.769. The minimum atomic E-state index is -0.366. The molecule has 4 heteroatoms. The summed E-state index contributed by atoms with van der Waals surface area (Å²) in [5, 5.41) is 9.28. The summed E-state index contributed by atoms with van der Waals surface area (Å²) in [6.07, 6.45) is 5.34. The van der Waals surface area contributed by atoms with Crippen molar-refractivity contribution in [2.75, 3.05) is 13.1 Å². The van der Waals surface area contributed by atoms with Crippen LogP contribution in [0.25, 0.3) is 0 Å². The summed E-state index contributed by atoms with van der Waals surface area (Å²) in [5.41, 5.74) is 0. The number of likely N-dealkylation sites (tertiary alicyclic amines) is 1. The van der Waals surface area contributed by atoms with E-state index < -0.39 is 0 Å². The summed E-state index contributed by atoms with van der Waals surface area (Å²) in [6.45, 7) is 6.26. The van der Waals surface area contributed by atoms with Crippen LogP contribution in [-0.2, 0) is 12.8 Å². The summed E-state index contributed by atoms with van der Waals surface area (Å²) < 4.78 is 5.65. The summed E-state index contributed by atoms with van der Waals surface area (Å²) in [4.78, 5) is 6.78. The van der Waals surface area contributed by atoms with Gasteiger partial charge in [0.15, 0.2) is 5.89 Å². The average molecular weight is 238 g/mol. The van der Waals surface area contributed by atoms with Crippen molar-refractivity contribution >= 4 is 0 Å². The lowest BCUT2D eigenvalue weighted by atomic mass is 10.1. The largest absolute Gasteiger partial charge is 0.446 e. The highest BCUT2D eigenvalue weighted by molar-refractivity contribution is 4.98. The zero-order valence-electron chi connectivity index (χ0n) is 10.7. The van der Waals surface area contributed by atoms with Crippen LogP contribution in [0.3, 0.4) is 0 Å². The van der Waals surface area contributed by atoms with Gasteiger partial charge in [0.1, 0.15) is 5.76 Å². The van der Waals surface area contributed by atoms with Crippen molar-refractivity contribution in [2.24, 2.45) is 0 Å². The van der Waals surface area contributed by atoms with Gasteiger partial charge in [-0.05, 0) is 32.9 Å². The second kappa shape index (κ2) is 5.65. The van der Waals surface area contributed by atoms with Crippen LogP contribution in [-0.4, -0.2) is 40.2 Å². The van der Waals surface area contributed by atoms with E-state index in [1.54, 1.807) is 13.1 Å². The number of likely N-dealkylation sites (N-methyl/N-ethyl adjacent to an activating group) is 1. The van der Waals surface area contributed by atoms with Crippen LogP contribution in [0.15, 0.2) is 10.6 Å². The third-order valence-corrected chi connectivity index (χ3v) is 3.41. The van der Waals surface area contributed by atoms with Gasteiger partial charge in [-0.1, -0.05) is 6.92 Å². The van der Waals surface area contributed by atoms with E-state index in [1.807, 2.05) is 0 Å². The van der Waals surface area contributed by atoms with Gasteiger partial charge in [-0.25, -0.2) is 4.98 Å². The molecule has 0 aromatic carbocycles. The first kappa shape index (κ1) is 12.6. The topological polar surface area (TPSA) is 49.5 Å². The van der Waals surface area contributed by atoms with E-state index in [0.29, 0.717) is 12.5 Å². The SMILES string of the molecule is CCN1CCCC1Cc1ncc(CC(C)O)o1. The summed E-state index contributed by atoms with van der Waals surface area (Å²) in [6, 6.07) is 0.582. The Morgan fingerprint density at radius 1 is 1.65 bits per heavy atom. The van der Waals surface area contributed by atoms with E-state index in [9.17, 15) is 5.11 Å². The molecule has 1 aliphatic rings. The first-order valence-electron chi connectivity index (χ1n) is 6.54. The van der Waals surface area contributed by atoms with E-state index in [0.717, 1.165) is 24.6 Å². The van der Waals surface area contributed by atoms with Crippen LogP contribution >= 0.6 is 0 Å². The Morgan fingerprint density at radius 2 is 2.47 bits per heavy atom. The van der Waals surface area contributed by atoms with E-state index in [4.69, 9.17) is 4.42 Å². The summed E-state index contributed by atoms with van der Waals surface area (Å²) in [7, 11) is 0. The molecule has 17 heavy (non-hydrogen) atoms. The predicted molar refractivity (Wildman–Crippen MR) is 65.9 cm³/mol. The van der Waals surface area contributed by atoms with Crippen molar-refractivity contribution in [3.63, 3.8) is 0 Å². The molecule has 2 rings (SSSR count). The van der Waals surface area contributed by atoms with Crippen LogP contribution < -0.4 is 0 Å². The number of oxazole rings is 1. The molecule has 0 saturated carbocycles. The molecule has 0 spiro atoms. The number of aliphatic hydroxyl groups is 1. The smallest absolute Gasteiger partial charge is 0.195 e. The van der Waals surface area contributed by atoms with Gasteiger partial charge < -0.3 is 14.4 Å². The maximum atomic E-state index is 9.28. The molecular formula is C13H22N2O2. The second-order valence-corrected chi connectivity index (χ2v) is 4.90. The highest BCUT2D eigenvalue weighted by atomic mass is 16.4. The van der Waals surface area contributed by atoms with Gasteiger partial charge >= 0.3 is 0 Å². The fourth-order valence-electron chi connectivity index (χ4n) is 2.57. The summed E-state index contributed by atoms with van der Waals surface area (Å²) >= 11 is 0. The van der Waals surface area contributed by atoms with Crippen molar-refractivity contribution < 1.29 is 9.52 Å². The third kappa shape index (κ3) is 3.30. The molecule has 0 aliphatic carbocycles. The van der Waals surface area contributed by atoms with Gasteiger partial charge in [-0.2, -0.15) is 0 Å². The first-order valence-corrected chi connectivity index (χ1v) is 6.54. The molecule has 2 atom stereocenters. The third-order valence-electron chi connectivity index (χ3n) is 3.41. The maximum absolute atomic E-state index is 9.28. The van der Waals surface area contributed by atoms with E-state index >= 15 is 0 Å². The van der Waals surface area contributed by atoms with Gasteiger partial charge in [0.05, 0.1) is 12.3 Å². The molecule has 4 nitrogen and oxygen atoms in total.